The number of nitrogens with zero attached hydrogens (tertiary/aromatic N) is 1. The van der Waals surface area contributed by atoms with Gasteiger partial charge in [-0.3, -0.25) is 9.59 Å². The van der Waals surface area contributed by atoms with Gasteiger partial charge >= 0.3 is 0 Å². The van der Waals surface area contributed by atoms with Crippen LogP contribution in [-0.2, 0) is 16.0 Å². The van der Waals surface area contributed by atoms with Gasteiger partial charge in [-0.05, 0) is 67.8 Å². The Kier molecular flexibility index (Phi) is 7.67. The van der Waals surface area contributed by atoms with Crippen LogP contribution in [0.25, 0.3) is 0 Å². The van der Waals surface area contributed by atoms with Crippen molar-refractivity contribution >= 4 is 58.2 Å². The van der Waals surface area contributed by atoms with Crippen LogP contribution in [0.3, 0.4) is 0 Å². The molecule has 0 atom stereocenters. The maximum atomic E-state index is 13.5. The van der Waals surface area contributed by atoms with Crippen LogP contribution in [0, 0.1) is 6.92 Å². The summed E-state index contributed by atoms with van der Waals surface area (Å²) in [5.74, 6) is -0.787. The number of nitrogens with one attached hydrogen (secondary N) is 1. The van der Waals surface area contributed by atoms with Crippen molar-refractivity contribution in [2.75, 3.05) is 10.2 Å². The minimum atomic E-state index is -0.419. The van der Waals surface area contributed by atoms with Crippen molar-refractivity contribution in [2.24, 2.45) is 0 Å². The number of halogens is 2. The van der Waals surface area contributed by atoms with E-state index in [-0.39, 0.29) is 11.6 Å². The maximum absolute atomic E-state index is 13.5. The molecule has 0 aliphatic carbocycles. The van der Waals surface area contributed by atoms with E-state index in [0.717, 1.165) is 29.7 Å². The Balaban J connectivity index is 1.69. The minimum absolute atomic E-state index is 0.198. The number of rotatable bonds is 8. The molecule has 4 nitrogen and oxygen atoms in total. The molecule has 0 unspecified atom stereocenters. The smallest absolute Gasteiger partial charge is 0.283 e. The molecule has 1 N–H and O–H groups in total. The molecule has 34 heavy (non-hydrogen) atoms. The normalized spacial score (nSPS) is 13.7. The Bertz CT molecular complexity index is 1230. The largest absolute Gasteiger partial charge is 0.350 e. The van der Waals surface area contributed by atoms with Gasteiger partial charge in [0.25, 0.3) is 11.8 Å². The number of anilines is 2. The van der Waals surface area contributed by atoms with E-state index in [9.17, 15) is 9.59 Å². The van der Waals surface area contributed by atoms with E-state index in [1.807, 2.05) is 55.5 Å². The first-order chi connectivity index (χ1) is 16.4. The van der Waals surface area contributed by atoms with Gasteiger partial charge < -0.3 is 5.32 Å². The summed E-state index contributed by atoms with van der Waals surface area (Å²) in [4.78, 5) is 29.4. The highest BCUT2D eigenvalue weighted by atomic mass is 35.5. The average molecular weight is 511 g/mol. The van der Waals surface area contributed by atoms with Crippen molar-refractivity contribution in [1.82, 2.24) is 0 Å². The van der Waals surface area contributed by atoms with Gasteiger partial charge in [0.15, 0.2) is 0 Å². The van der Waals surface area contributed by atoms with Gasteiger partial charge in [0.1, 0.15) is 10.6 Å². The summed E-state index contributed by atoms with van der Waals surface area (Å²) >= 11 is 13.6. The highest BCUT2D eigenvalue weighted by Crippen LogP contribution is 2.38. The molecular formula is C27H24Cl2N2O2S. The first kappa shape index (κ1) is 24.4. The number of hydrogen-bond donors (Lipinski definition) is 1. The van der Waals surface area contributed by atoms with E-state index in [0.29, 0.717) is 26.3 Å². The van der Waals surface area contributed by atoms with Gasteiger partial charge in [0.2, 0.25) is 0 Å². The van der Waals surface area contributed by atoms with Crippen LogP contribution in [0.2, 0.25) is 10.0 Å². The molecule has 0 bridgehead atoms. The van der Waals surface area contributed by atoms with Crippen molar-refractivity contribution in [2.45, 2.75) is 38.0 Å². The van der Waals surface area contributed by atoms with Crippen LogP contribution in [0.5, 0.6) is 0 Å². The van der Waals surface area contributed by atoms with Crippen LogP contribution in [0.15, 0.2) is 82.2 Å². The standard InChI is InChI=1S/C27H24Cl2N2O2S/c1-3-4-5-18-8-10-22(11-9-18)31-26(32)24(30-21-15-19(28)14-20(29)16-21)25(27(31)33)34-23-12-6-17(2)7-13-23/h6-16,30H,3-5H2,1-2H3. The Morgan fingerprint density at radius 1 is 0.882 bits per heavy atom. The summed E-state index contributed by atoms with van der Waals surface area (Å²) < 4.78 is 0. The average Bonchev–Trinajstić information content (AvgIpc) is 3.03. The number of carbonyl (C=O) groups excluding carboxylic acids is 2. The van der Waals surface area contributed by atoms with Gasteiger partial charge in [-0.25, -0.2) is 4.90 Å². The molecule has 0 spiro atoms. The van der Waals surface area contributed by atoms with E-state index in [4.69, 9.17) is 23.2 Å². The van der Waals surface area contributed by atoms with Gasteiger partial charge in [-0.2, -0.15) is 0 Å². The van der Waals surface area contributed by atoms with Crippen LogP contribution in [0.1, 0.15) is 30.9 Å². The van der Waals surface area contributed by atoms with Crippen molar-refractivity contribution in [3.8, 4) is 0 Å². The predicted octanol–water partition coefficient (Wildman–Crippen LogP) is 7.63. The Hall–Kier alpha value is -2.73. The molecule has 4 rings (SSSR count). The van der Waals surface area contributed by atoms with Gasteiger partial charge in [-0.1, -0.05) is 78.1 Å². The van der Waals surface area contributed by atoms with Crippen molar-refractivity contribution in [1.29, 1.82) is 0 Å². The lowest BCUT2D eigenvalue weighted by Crippen LogP contribution is -2.32. The zero-order chi connectivity index (χ0) is 24.2. The molecular weight excluding hydrogens is 487 g/mol. The highest BCUT2D eigenvalue weighted by molar-refractivity contribution is 8.04. The lowest BCUT2D eigenvalue weighted by Gasteiger charge is -2.16. The molecule has 2 amide bonds. The number of thioether (sulfide) groups is 1. The molecule has 0 saturated carbocycles. The fraction of sp³-hybridized carbons (Fsp3) is 0.185. The summed E-state index contributed by atoms with van der Waals surface area (Å²) in [5.41, 5.74) is 3.57. The van der Waals surface area contributed by atoms with Crippen LogP contribution in [-0.4, -0.2) is 11.8 Å². The van der Waals surface area contributed by atoms with E-state index in [1.165, 1.54) is 22.2 Å². The number of aryl methyl sites for hydroxylation is 2. The molecule has 1 heterocycles. The molecule has 1 aliphatic rings. The number of carbonyl (C=O) groups is 2. The predicted molar refractivity (Wildman–Crippen MR) is 142 cm³/mol. The first-order valence-corrected chi connectivity index (χ1v) is 12.6. The zero-order valence-electron chi connectivity index (χ0n) is 18.9. The van der Waals surface area contributed by atoms with Gasteiger partial charge in [0.05, 0.1) is 5.69 Å². The molecule has 174 valence electrons. The molecule has 0 saturated heterocycles. The third kappa shape index (κ3) is 5.49. The van der Waals surface area contributed by atoms with E-state index in [1.54, 1.807) is 18.2 Å². The second kappa shape index (κ2) is 10.7. The van der Waals surface area contributed by atoms with Crippen LogP contribution < -0.4 is 10.2 Å². The number of benzene rings is 3. The highest BCUT2D eigenvalue weighted by Gasteiger charge is 2.40. The summed E-state index contributed by atoms with van der Waals surface area (Å²) in [6.07, 6.45) is 3.17. The maximum Gasteiger partial charge on any atom is 0.283 e. The molecule has 1 aliphatic heterocycles. The molecule has 0 radical (unpaired) electrons. The Labute approximate surface area is 213 Å². The Morgan fingerprint density at radius 3 is 2.15 bits per heavy atom. The summed E-state index contributed by atoms with van der Waals surface area (Å²) in [7, 11) is 0. The molecule has 7 heteroatoms. The van der Waals surface area contributed by atoms with E-state index in [2.05, 4.69) is 12.2 Å². The van der Waals surface area contributed by atoms with Crippen molar-refractivity contribution < 1.29 is 9.59 Å². The van der Waals surface area contributed by atoms with Crippen molar-refractivity contribution in [3.63, 3.8) is 0 Å². The van der Waals surface area contributed by atoms with Crippen molar-refractivity contribution in [3.05, 3.63) is 98.5 Å². The van der Waals surface area contributed by atoms with E-state index < -0.39 is 5.91 Å². The first-order valence-electron chi connectivity index (χ1n) is 11.1. The lowest BCUT2D eigenvalue weighted by atomic mass is 10.1. The zero-order valence-corrected chi connectivity index (χ0v) is 21.2. The number of unbranched alkanes of at least 4 members (excludes halogenated alkanes) is 1. The van der Waals surface area contributed by atoms with Gasteiger partial charge in [0, 0.05) is 20.6 Å². The molecule has 0 aromatic heterocycles. The molecule has 3 aromatic carbocycles. The second-order valence-corrected chi connectivity index (χ2v) is 10.1. The minimum Gasteiger partial charge on any atom is -0.350 e. The molecule has 0 fully saturated rings. The second-order valence-electron chi connectivity index (χ2n) is 8.12. The summed E-state index contributed by atoms with van der Waals surface area (Å²) in [5, 5.41) is 3.96. The fourth-order valence-corrected chi connectivity index (χ4v) is 5.09. The summed E-state index contributed by atoms with van der Waals surface area (Å²) in [6.45, 7) is 4.15. The number of amides is 2. The SMILES string of the molecule is CCCCc1ccc(N2C(=O)C(Nc3cc(Cl)cc(Cl)c3)=C(Sc3ccc(C)cc3)C2=O)cc1. The third-order valence-corrected chi connectivity index (χ3v) is 6.95. The lowest BCUT2D eigenvalue weighted by molar-refractivity contribution is -0.120. The quantitative estimate of drug-likeness (QED) is 0.316. The van der Waals surface area contributed by atoms with E-state index >= 15 is 0 Å². The summed E-state index contributed by atoms with van der Waals surface area (Å²) in [6, 6.07) is 20.4. The number of imide groups is 1. The Morgan fingerprint density at radius 2 is 1.53 bits per heavy atom. The topological polar surface area (TPSA) is 49.4 Å². The number of hydrogen-bond acceptors (Lipinski definition) is 4. The van der Waals surface area contributed by atoms with Crippen LogP contribution >= 0.6 is 35.0 Å². The monoisotopic (exact) mass is 510 g/mol. The molecule has 3 aromatic rings. The van der Waals surface area contributed by atoms with Crippen LogP contribution in [0.4, 0.5) is 11.4 Å². The van der Waals surface area contributed by atoms with Gasteiger partial charge in [-0.15, -0.1) is 0 Å². The third-order valence-electron chi connectivity index (χ3n) is 5.43. The fourth-order valence-electron chi connectivity index (χ4n) is 3.64.